The lowest BCUT2D eigenvalue weighted by molar-refractivity contribution is 0.0562. The predicted molar refractivity (Wildman–Crippen MR) is 59.5 cm³/mol. The molecular formula is C12H13NO4. The maximum Gasteiger partial charge on any atom is 0.373 e. The van der Waals surface area contributed by atoms with E-state index in [1.54, 1.807) is 12.3 Å². The molecule has 0 bridgehead atoms. The number of nitrogens with two attached hydrogens (primary N) is 1. The third-order valence-corrected chi connectivity index (χ3v) is 2.43. The molecule has 0 amide bonds. The molecule has 0 fully saturated rings. The first kappa shape index (κ1) is 11.5. The SMILES string of the molecule is COC(=O)c1ccc(C(N)c2coc(C)c2)o1. The summed E-state index contributed by atoms with van der Waals surface area (Å²) in [6.07, 6.45) is 1.57. The van der Waals surface area contributed by atoms with E-state index in [-0.39, 0.29) is 5.76 Å². The zero-order valence-electron chi connectivity index (χ0n) is 9.60. The van der Waals surface area contributed by atoms with E-state index in [9.17, 15) is 4.79 Å². The first-order valence-electron chi connectivity index (χ1n) is 5.10. The van der Waals surface area contributed by atoms with Gasteiger partial charge in [-0.2, -0.15) is 0 Å². The van der Waals surface area contributed by atoms with E-state index in [4.69, 9.17) is 14.6 Å². The Balaban J connectivity index is 2.23. The minimum atomic E-state index is -0.521. The van der Waals surface area contributed by atoms with Crippen LogP contribution in [0, 0.1) is 6.92 Å². The van der Waals surface area contributed by atoms with Crippen LogP contribution in [0.5, 0.6) is 0 Å². The van der Waals surface area contributed by atoms with Crippen molar-refractivity contribution in [2.45, 2.75) is 13.0 Å². The minimum Gasteiger partial charge on any atom is -0.469 e. The number of aryl methyl sites for hydroxylation is 1. The summed E-state index contributed by atoms with van der Waals surface area (Å²) in [7, 11) is 1.30. The fourth-order valence-electron chi connectivity index (χ4n) is 1.52. The van der Waals surface area contributed by atoms with Gasteiger partial charge in [-0.25, -0.2) is 4.79 Å². The van der Waals surface area contributed by atoms with E-state index in [1.807, 2.05) is 13.0 Å². The molecule has 2 heterocycles. The molecule has 1 unspecified atom stereocenters. The molecule has 2 aromatic heterocycles. The van der Waals surface area contributed by atoms with Gasteiger partial charge in [-0.3, -0.25) is 0 Å². The second-order valence-electron chi connectivity index (χ2n) is 3.66. The minimum absolute atomic E-state index is 0.137. The summed E-state index contributed by atoms with van der Waals surface area (Å²) in [5.74, 6) is 0.881. The molecule has 0 aliphatic carbocycles. The number of furan rings is 2. The molecule has 0 saturated heterocycles. The van der Waals surface area contributed by atoms with Crippen molar-refractivity contribution in [1.82, 2.24) is 0 Å². The summed E-state index contributed by atoms with van der Waals surface area (Å²) in [6.45, 7) is 1.83. The Morgan fingerprint density at radius 1 is 1.47 bits per heavy atom. The number of rotatable bonds is 3. The van der Waals surface area contributed by atoms with Gasteiger partial charge in [-0.1, -0.05) is 0 Å². The molecule has 2 aromatic rings. The molecule has 0 aliphatic rings. The smallest absolute Gasteiger partial charge is 0.373 e. The van der Waals surface area contributed by atoms with Gasteiger partial charge in [0.15, 0.2) is 0 Å². The first-order valence-corrected chi connectivity index (χ1v) is 5.10. The number of esters is 1. The van der Waals surface area contributed by atoms with Crippen LogP contribution in [0.2, 0.25) is 0 Å². The molecule has 0 spiro atoms. The van der Waals surface area contributed by atoms with Crippen LogP contribution >= 0.6 is 0 Å². The van der Waals surface area contributed by atoms with Crippen molar-refractivity contribution >= 4 is 5.97 Å². The molecule has 0 aromatic carbocycles. The van der Waals surface area contributed by atoms with E-state index in [2.05, 4.69) is 4.74 Å². The lowest BCUT2D eigenvalue weighted by Gasteiger charge is -2.04. The fourth-order valence-corrected chi connectivity index (χ4v) is 1.52. The third kappa shape index (κ3) is 2.24. The average Bonchev–Trinajstić information content (AvgIpc) is 2.95. The maximum absolute atomic E-state index is 11.2. The predicted octanol–water partition coefficient (Wildman–Crippen LogP) is 2.02. The molecule has 1 atom stereocenters. The van der Waals surface area contributed by atoms with E-state index in [0.29, 0.717) is 5.76 Å². The molecular weight excluding hydrogens is 222 g/mol. The van der Waals surface area contributed by atoms with Crippen LogP contribution in [0.3, 0.4) is 0 Å². The highest BCUT2D eigenvalue weighted by Gasteiger charge is 2.18. The largest absolute Gasteiger partial charge is 0.469 e. The highest BCUT2D eigenvalue weighted by molar-refractivity contribution is 5.86. The van der Waals surface area contributed by atoms with Crippen molar-refractivity contribution in [2.24, 2.45) is 5.73 Å². The fraction of sp³-hybridized carbons (Fsp3) is 0.250. The van der Waals surface area contributed by atoms with Gasteiger partial charge < -0.3 is 19.3 Å². The second kappa shape index (κ2) is 4.47. The van der Waals surface area contributed by atoms with Crippen LogP contribution in [0.25, 0.3) is 0 Å². The second-order valence-corrected chi connectivity index (χ2v) is 3.66. The van der Waals surface area contributed by atoms with Gasteiger partial charge >= 0.3 is 5.97 Å². The highest BCUT2D eigenvalue weighted by atomic mass is 16.5. The van der Waals surface area contributed by atoms with Crippen molar-refractivity contribution in [1.29, 1.82) is 0 Å². The Kier molecular flexibility index (Phi) is 3.01. The van der Waals surface area contributed by atoms with Crippen LogP contribution in [-0.2, 0) is 4.74 Å². The number of hydrogen-bond donors (Lipinski definition) is 1. The summed E-state index contributed by atoms with van der Waals surface area (Å²) >= 11 is 0. The van der Waals surface area contributed by atoms with Crippen LogP contribution in [-0.4, -0.2) is 13.1 Å². The van der Waals surface area contributed by atoms with Crippen molar-refractivity contribution in [3.63, 3.8) is 0 Å². The number of hydrogen-bond acceptors (Lipinski definition) is 5. The Hall–Kier alpha value is -2.01. The van der Waals surface area contributed by atoms with E-state index < -0.39 is 12.0 Å². The summed E-state index contributed by atoms with van der Waals surface area (Å²) < 4.78 is 15.0. The van der Waals surface area contributed by atoms with Gasteiger partial charge in [0, 0.05) is 5.56 Å². The van der Waals surface area contributed by atoms with Crippen LogP contribution in [0.15, 0.2) is 33.3 Å². The molecule has 0 radical (unpaired) electrons. The van der Waals surface area contributed by atoms with Gasteiger partial charge in [-0.15, -0.1) is 0 Å². The van der Waals surface area contributed by atoms with Crippen LogP contribution in [0.4, 0.5) is 0 Å². The molecule has 17 heavy (non-hydrogen) atoms. The molecule has 2 rings (SSSR count). The molecule has 5 heteroatoms. The summed E-state index contributed by atoms with van der Waals surface area (Å²) in [5, 5.41) is 0. The number of carbonyl (C=O) groups is 1. The standard InChI is InChI=1S/C12H13NO4/c1-7-5-8(6-16-7)11(13)9-3-4-10(17-9)12(14)15-2/h3-6,11H,13H2,1-2H3. The van der Waals surface area contributed by atoms with Gasteiger partial charge in [0.05, 0.1) is 19.4 Å². The quantitative estimate of drug-likeness (QED) is 0.823. The highest BCUT2D eigenvalue weighted by Crippen LogP contribution is 2.23. The zero-order valence-corrected chi connectivity index (χ0v) is 9.60. The number of carbonyl (C=O) groups excluding carboxylic acids is 1. The van der Waals surface area contributed by atoms with Crippen molar-refractivity contribution in [2.75, 3.05) is 7.11 Å². The molecule has 0 saturated carbocycles. The first-order chi connectivity index (χ1) is 8.11. The molecule has 5 nitrogen and oxygen atoms in total. The van der Waals surface area contributed by atoms with Crippen molar-refractivity contribution in [3.8, 4) is 0 Å². The van der Waals surface area contributed by atoms with Gasteiger partial charge in [0.1, 0.15) is 11.5 Å². The van der Waals surface area contributed by atoms with E-state index in [0.717, 1.165) is 11.3 Å². The van der Waals surface area contributed by atoms with Crippen molar-refractivity contribution < 1.29 is 18.4 Å². The normalized spacial score (nSPS) is 12.4. The van der Waals surface area contributed by atoms with E-state index in [1.165, 1.54) is 13.2 Å². The number of methoxy groups -OCH3 is 1. The van der Waals surface area contributed by atoms with Crippen LogP contribution in [0.1, 0.15) is 33.7 Å². The van der Waals surface area contributed by atoms with Crippen LogP contribution < -0.4 is 5.73 Å². The number of ether oxygens (including phenoxy) is 1. The summed E-state index contributed by atoms with van der Waals surface area (Å²) in [5.41, 5.74) is 6.78. The Morgan fingerprint density at radius 2 is 2.24 bits per heavy atom. The monoisotopic (exact) mass is 235 g/mol. The lowest BCUT2D eigenvalue weighted by Crippen LogP contribution is -2.10. The van der Waals surface area contributed by atoms with Gasteiger partial charge in [0.2, 0.25) is 5.76 Å². The summed E-state index contributed by atoms with van der Waals surface area (Å²) in [4.78, 5) is 11.2. The molecule has 2 N–H and O–H groups in total. The maximum atomic E-state index is 11.2. The van der Waals surface area contributed by atoms with Crippen molar-refractivity contribution in [3.05, 3.63) is 47.3 Å². The average molecular weight is 235 g/mol. The topological polar surface area (TPSA) is 78.6 Å². The van der Waals surface area contributed by atoms with E-state index >= 15 is 0 Å². The molecule has 90 valence electrons. The molecule has 0 aliphatic heterocycles. The Bertz CT molecular complexity index is 526. The summed E-state index contributed by atoms with van der Waals surface area (Å²) in [6, 6.07) is 4.56. The third-order valence-electron chi connectivity index (χ3n) is 2.43. The van der Waals surface area contributed by atoms with Gasteiger partial charge in [0.25, 0.3) is 0 Å². The van der Waals surface area contributed by atoms with Gasteiger partial charge in [-0.05, 0) is 25.1 Å². The Labute approximate surface area is 98.2 Å². The lowest BCUT2D eigenvalue weighted by atomic mass is 10.1. The zero-order chi connectivity index (χ0) is 12.4. The Morgan fingerprint density at radius 3 is 2.82 bits per heavy atom.